The van der Waals surface area contributed by atoms with Crippen LogP contribution in [0.5, 0.6) is 0 Å². The third kappa shape index (κ3) is 1.98. The molecule has 0 aliphatic rings. The summed E-state index contributed by atoms with van der Waals surface area (Å²) in [6.07, 6.45) is 3.36. The first-order chi connectivity index (χ1) is 7.16. The number of hydrogen-bond acceptors (Lipinski definition) is 4. The standard InChI is InChI=1S/C11H13N3O/c1-7(2)8-3-4-9(13-5-8)10-6-15-11(12)14-10/h3-7H,1-2H3,(H2,12,14). The molecule has 0 fully saturated rings. The molecule has 0 atom stereocenters. The summed E-state index contributed by atoms with van der Waals surface area (Å²) in [5, 5.41) is 0. The van der Waals surface area contributed by atoms with Crippen LogP contribution in [0.3, 0.4) is 0 Å². The molecule has 4 heteroatoms. The van der Waals surface area contributed by atoms with E-state index < -0.39 is 0 Å². The van der Waals surface area contributed by atoms with Gasteiger partial charge in [-0.3, -0.25) is 4.98 Å². The first-order valence-electron chi connectivity index (χ1n) is 4.84. The highest BCUT2D eigenvalue weighted by atomic mass is 16.4. The molecule has 4 nitrogen and oxygen atoms in total. The van der Waals surface area contributed by atoms with Crippen molar-refractivity contribution in [2.75, 3.05) is 5.73 Å². The molecule has 0 spiro atoms. The number of nitrogen functional groups attached to an aromatic ring is 1. The van der Waals surface area contributed by atoms with Crippen LogP contribution in [-0.2, 0) is 0 Å². The Balaban J connectivity index is 2.31. The molecule has 0 unspecified atom stereocenters. The van der Waals surface area contributed by atoms with E-state index in [0.717, 1.165) is 5.69 Å². The molecule has 0 radical (unpaired) electrons. The van der Waals surface area contributed by atoms with Gasteiger partial charge in [0.05, 0.1) is 5.69 Å². The van der Waals surface area contributed by atoms with Crippen LogP contribution < -0.4 is 5.73 Å². The fourth-order valence-corrected chi connectivity index (χ4v) is 1.30. The van der Waals surface area contributed by atoms with Crippen LogP contribution in [0, 0.1) is 0 Å². The second-order valence-electron chi connectivity index (χ2n) is 3.70. The van der Waals surface area contributed by atoms with Crippen molar-refractivity contribution in [1.82, 2.24) is 9.97 Å². The molecule has 0 aliphatic carbocycles. The monoisotopic (exact) mass is 203 g/mol. The maximum atomic E-state index is 5.39. The van der Waals surface area contributed by atoms with Gasteiger partial charge < -0.3 is 10.2 Å². The molecule has 2 rings (SSSR count). The molecular formula is C11H13N3O. The van der Waals surface area contributed by atoms with Gasteiger partial charge in [0.2, 0.25) is 0 Å². The van der Waals surface area contributed by atoms with Gasteiger partial charge in [0.25, 0.3) is 6.01 Å². The fraction of sp³-hybridized carbons (Fsp3) is 0.273. The molecule has 0 aliphatic heterocycles. The lowest BCUT2D eigenvalue weighted by Gasteiger charge is -2.04. The van der Waals surface area contributed by atoms with Crippen molar-refractivity contribution in [3.63, 3.8) is 0 Å². The smallest absolute Gasteiger partial charge is 0.292 e. The maximum Gasteiger partial charge on any atom is 0.292 e. The van der Waals surface area contributed by atoms with Crippen molar-refractivity contribution in [3.8, 4) is 11.4 Å². The molecule has 78 valence electrons. The summed E-state index contributed by atoms with van der Waals surface area (Å²) in [5.41, 5.74) is 8.04. The van der Waals surface area contributed by atoms with Gasteiger partial charge in [-0.2, -0.15) is 4.98 Å². The number of aromatic nitrogens is 2. The number of nitrogens with zero attached hydrogens (tertiary/aromatic N) is 2. The predicted molar refractivity (Wildman–Crippen MR) is 58.2 cm³/mol. The lowest BCUT2D eigenvalue weighted by molar-refractivity contribution is 0.581. The summed E-state index contributed by atoms with van der Waals surface area (Å²) in [7, 11) is 0. The summed E-state index contributed by atoms with van der Waals surface area (Å²) in [6.45, 7) is 4.26. The molecular weight excluding hydrogens is 190 g/mol. The van der Waals surface area contributed by atoms with Crippen molar-refractivity contribution in [2.45, 2.75) is 19.8 Å². The van der Waals surface area contributed by atoms with Gasteiger partial charge >= 0.3 is 0 Å². The SMILES string of the molecule is CC(C)c1ccc(-c2coc(N)n2)nc1. The zero-order chi connectivity index (χ0) is 10.8. The fourth-order valence-electron chi connectivity index (χ4n) is 1.30. The average molecular weight is 203 g/mol. The second-order valence-corrected chi connectivity index (χ2v) is 3.70. The van der Waals surface area contributed by atoms with E-state index in [1.54, 1.807) is 0 Å². The minimum Gasteiger partial charge on any atom is -0.432 e. The van der Waals surface area contributed by atoms with E-state index in [9.17, 15) is 0 Å². The Morgan fingerprint density at radius 3 is 2.53 bits per heavy atom. The zero-order valence-corrected chi connectivity index (χ0v) is 8.77. The van der Waals surface area contributed by atoms with Crippen LogP contribution in [0.2, 0.25) is 0 Å². The number of oxazole rings is 1. The second kappa shape index (κ2) is 3.73. The maximum absolute atomic E-state index is 5.39. The molecule has 0 aromatic carbocycles. The third-order valence-corrected chi connectivity index (χ3v) is 2.24. The molecule has 2 heterocycles. The van der Waals surface area contributed by atoms with Gasteiger partial charge in [0.15, 0.2) is 0 Å². The van der Waals surface area contributed by atoms with Crippen molar-refractivity contribution < 1.29 is 4.42 Å². The average Bonchev–Trinajstić information content (AvgIpc) is 2.65. The molecule has 2 N–H and O–H groups in total. The van der Waals surface area contributed by atoms with Gasteiger partial charge in [-0.1, -0.05) is 19.9 Å². The molecule has 15 heavy (non-hydrogen) atoms. The van der Waals surface area contributed by atoms with Crippen LogP contribution in [0.1, 0.15) is 25.3 Å². The topological polar surface area (TPSA) is 64.9 Å². The summed E-state index contributed by atoms with van der Waals surface area (Å²) in [4.78, 5) is 8.31. The van der Waals surface area contributed by atoms with Gasteiger partial charge in [-0.05, 0) is 17.5 Å². The highest BCUT2D eigenvalue weighted by molar-refractivity contribution is 5.53. The number of hydrogen-bond donors (Lipinski definition) is 1. The van der Waals surface area contributed by atoms with E-state index in [4.69, 9.17) is 10.2 Å². The molecule has 0 bridgehead atoms. The highest BCUT2D eigenvalue weighted by Crippen LogP contribution is 2.19. The number of rotatable bonds is 2. The Hall–Kier alpha value is -1.84. The number of pyridine rings is 1. The zero-order valence-electron chi connectivity index (χ0n) is 8.77. The molecule has 0 amide bonds. The first-order valence-corrected chi connectivity index (χ1v) is 4.84. The summed E-state index contributed by atoms with van der Waals surface area (Å²) in [5.74, 6) is 0.480. The number of nitrogens with two attached hydrogens (primary N) is 1. The Bertz CT molecular complexity index is 445. The predicted octanol–water partition coefficient (Wildman–Crippen LogP) is 2.44. The van der Waals surface area contributed by atoms with Crippen LogP contribution >= 0.6 is 0 Å². The Labute approximate surface area is 88.2 Å². The first kappa shape index (κ1) is 9.71. The van der Waals surface area contributed by atoms with E-state index in [1.165, 1.54) is 11.8 Å². The third-order valence-electron chi connectivity index (χ3n) is 2.24. The quantitative estimate of drug-likeness (QED) is 0.814. The van der Waals surface area contributed by atoms with Gasteiger partial charge in [0, 0.05) is 6.20 Å². The van der Waals surface area contributed by atoms with Crippen molar-refractivity contribution in [2.24, 2.45) is 0 Å². The molecule has 2 aromatic heterocycles. The van der Waals surface area contributed by atoms with Crippen LogP contribution in [0.4, 0.5) is 6.01 Å². The van der Waals surface area contributed by atoms with Gasteiger partial charge in [0.1, 0.15) is 12.0 Å². The highest BCUT2D eigenvalue weighted by Gasteiger charge is 2.06. The Morgan fingerprint density at radius 2 is 2.07 bits per heavy atom. The molecule has 2 aromatic rings. The molecule has 0 saturated carbocycles. The number of anilines is 1. The summed E-state index contributed by atoms with van der Waals surface area (Å²) >= 11 is 0. The minimum atomic E-state index is 0.166. The van der Waals surface area contributed by atoms with E-state index in [1.807, 2.05) is 18.3 Å². The van der Waals surface area contributed by atoms with Crippen LogP contribution in [0.25, 0.3) is 11.4 Å². The minimum absolute atomic E-state index is 0.166. The lowest BCUT2D eigenvalue weighted by Crippen LogP contribution is -1.90. The van der Waals surface area contributed by atoms with E-state index >= 15 is 0 Å². The normalized spacial score (nSPS) is 10.9. The largest absolute Gasteiger partial charge is 0.432 e. The van der Waals surface area contributed by atoms with Crippen LogP contribution in [0.15, 0.2) is 29.0 Å². The molecule has 0 saturated heterocycles. The lowest BCUT2D eigenvalue weighted by atomic mass is 10.1. The van der Waals surface area contributed by atoms with E-state index in [2.05, 4.69) is 23.8 Å². The van der Waals surface area contributed by atoms with Crippen molar-refractivity contribution >= 4 is 6.01 Å². The Kier molecular flexibility index (Phi) is 2.41. The van der Waals surface area contributed by atoms with Crippen molar-refractivity contribution in [1.29, 1.82) is 0 Å². The van der Waals surface area contributed by atoms with Crippen LogP contribution in [-0.4, -0.2) is 9.97 Å². The van der Waals surface area contributed by atoms with Gasteiger partial charge in [-0.25, -0.2) is 0 Å². The van der Waals surface area contributed by atoms with E-state index in [-0.39, 0.29) is 6.01 Å². The van der Waals surface area contributed by atoms with E-state index in [0.29, 0.717) is 11.6 Å². The summed E-state index contributed by atoms with van der Waals surface area (Å²) < 4.78 is 4.92. The van der Waals surface area contributed by atoms with Crippen molar-refractivity contribution in [3.05, 3.63) is 30.2 Å². The summed E-state index contributed by atoms with van der Waals surface area (Å²) in [6, 6.07) is 4.13. The Morgan fingerprint density at radius 1 is 1.27 bits per heavy atom. The van der Waals surface area contributed by atoms with Gasteiger partial charge in [-0.15, -0.1) is 0 Å².